The van der Waals surface area contributed by atoms with Crippen LogP contribution < -0.4 is 10.6 Å². The molecule has 1 heterocycles. The van der Waals surface area contributed by atoms with Crippen LogP contribution in [0.4, 0.5) is 9.18 Å². The minimum Gasteiger partial charge on any atom is -0.385 e. The van der Waals surface area contributed by atoms with Crippen molar-refractivity contribution in [3.05, 3.63) is 34.6 Å². The van der Waals surface area contributed by atoms with E-state index in [0.717, 1.165) is 38.6 Å². The molecule has 6 nitrogen and oxygen atoms in total. The fourth-order valence-electron chi connectivity index (χ4n) is 6.48. The van der Waals surface area contributed by atoms with Crippen LogP contribution in [-0.2, 0) is 15.1 Å². The van der Waals surface area contributed by atoms with Gasteiger partial charge < -0.3 is 25.0 Å². The number of hydrogen-bond acceptors (Lipinski definition) is 4. The Morgan fingerprint density at radius 1 is 1.19 bits per heavy atom. The van der Waals surface area contributed by atoms with Gasteiger partial charge in [0, 0.05) is 58.0 Å². The van der Waals surface area contributed by atoms with Crippen LogP contribution in [0, 0.1) is 17.7 Å². The summed E-state index contributed by atoms with van der Waals surface area (Å²) in [5.41, 5.74) is -0.383. The second kappa shape index (κ2) is 15.2. The third-order valence-electron chi connectivity index (χ3n) is 8.41. The number of methoxy groups -OCH3 is 2. The van der Waals surface area contributed by atoms with E-state index in [9.17, 15) is 4.79 Å². The Labute approximate surface area is 228 Å². The second-order valence-electron chi connectivity index (χ2n) is 10.9. The summed E-state index contributed by atoms with van der Waals surface area (Å²) in [6, 6.07) is 5.21. The fourth-order valence-corrected chi connectivity index (χ4v) is 6.65. The molecular weight excluding hydrogens is 493 g/mol. The van der Waals surface area contributed by atoms with Crippen molar-refractivity contribution in [2.75, 3.05) is 47.5 Å². The molecule has 2 N–H and O–H groups in total. The van der Waals surface area contributed by atoms with E-state index < -0.39 is 11.4 Å². The number of carbonyl (C=O) groups excluding carboxylic acids is 1. The Morgan fingerprint density at radius 2 is 1.97 bits per heavy atom. The molecule has 0 bridgehead atoms. The number of likely N-dealkylation sites (N-methyl/N-ethyl adjacent to an activating group) is 1. The van der Waals surface area contributed by atoms with E-state index >= 15 is 4.39 Å². The van der Waals surface area contributed by atoms with E-state index in [2.05, 4.69) is 10.6 Å². The molecule has 1 saturated heterocycles. The number of likely N-dealkylation sites (tertiary alicyclic amines) is 1. The average Bonchev–Trinajstić information content (AvgIpc) is 2.92. The highest BCUT2D eigenvalue weighted by Crippen LogP contribution is 2.44. The third kappa shape index (κ3) is 8.04. The summed E-state index contributed by atoms with van der Waals surface area (Å²) < 4.78 is 26.9. The monoisotopic (exact) mass is 539 g/mol. The first-order valence-corrected chi connectivity index (χ1v) is 14.5. The Balaban J connectivity index is 1.76. The summed E-state index contributed by atoms with van der Waals surface area (Å²) in [5, 5.41) is 6.67. The van der Waals surface area contributed by atoms with Crippen molar-refractivity contribution < 1.29 is 18.7 Å². The van der Waals surface area contributed by atoms with Crippen LogP contribution in [0.2, 0.25) is 5.02 Å². The number of amides is 2. The molecule has 2 fully saturated rings. The molecule has 8 heteroatoms. The van der Waals surface area contributed by atoms with Gasteiger partial charge in [0.25, 0.3) is 0 Å². The zero-order chi connectivity index (χ0) is 26.7. The quantitative estimate of drug-likeness (QED) is 0.296. The molecule has 3 atom stereocenters. The van der Waals surface area contributed by atoms with Crippen LogP contribution in [0.15, 0.2) is 18.2 Å². The van der Waals surface area contributed by atoms with Gasteiger partial charge in [-0.1, -0.05) is 55.8 Å². The van der Waals surface area contributed by atoms with Gasteiger partial charge in [0.05, 0.1) is 5.02 Å². The third-order valence-corrected chi connectivity index (χ3v) is 8.70. The van der Waals surface area contributed by atoms with Gasteiger partial charge in [-0.2, -0.15) is 0 Å². The smallest absolute Gasteiger partial charge is 0.317 e. The van der Waals surface area contributed by atoms with Crippen molar-refractivity contribution in [3.8, 4) is 0 Å². The van der Waals surface area contributed by atoms with E-state index in [-0.39, 0.29) is 23.0 Å². The van der Waals surface area contributed by atoms with E-state index in [1.807, 2.05) is 11.9 Å². The van der Waals surface area contributed by atoms with Crippen LogP contribution in [0.3, 0.4) is 0 Å². The van der Waals surface area contributed by atoms with Crippen LogP contribution in [-0.4, -0.2) is 64.5 Å². The van der Waals surface area contributed by atoms with Crippen molar-refractivity contribution in [1.82, 2.24) is 15.5 Å². The van der Waals surface area contributed by atoms with Crippen molar-refractivity contribution in [2.24, 2.45) is 11.8 Å². The number of urea groups is 1. The molecule has 3 unspecified atom stereocenters. The number of ether oxygens (including phenoxy) is 2. The minimum absolute atomic E-state index is 0.0308. The molecule has 1 saturated carbocycles. The van der Waals surface area contributed by atoms with Gasteiger partial charge in [-0.25, -0.2) is 9.18 Å². The lowest BCUT2D eigenvalue weighted by Crippen LogP contribution is -2.54. The molecule has 37 heavy (non-hydrogen) atoms. The van der Waals surface area contributed by atoms with Gasteiger partial charge in [0.15, 0.2) is 0 Å². The zero-order valence-corrected chi connectivity index (χ0v) is 23.8. The summed E-state index contributed by atoms with van der Waals surface area (Å²) in [4.78, 5) is 15.4. The van der Waals surface area contributed by atoms with Gasteiger partial charge in [0.1, 0.15) is 11.4 Å². The Kier molecular flexibility index (Phi) is 12.4. The summed E-state index contributed by atoms with van der Waals surface area (Å²) in [7, 11) is 5.28. The Morgan fingerprint density at radius 3 is 2.68 bits per heavy atom. The lowest BCUT2D eigenvalue weighted by Gasteiger charge is -2.45. The SMILES string of the molecule is CNCC(CC1CCCCC1)NC(=O)N1CCCC(C(CCCCOC)(OC)c2cccc(Cl)c2F)C1. The molecule has 2 amide bonds. The molecule has 2 aliphatic rings. The topological polar surface area (TPSA) is 62.8 Å². The van der Waals surface area contributed by atoms with Crippen molar-refractivity contribution in [3.63, 3.8) is 0 Å². The van der Waals surface area contributed by atoms with Crippen LogP contribution in [0.25, 0.3) is 0 Å². The maximum absolute atomic E-state index is 15.4. The van der Waals surface area contributed by atoms with Gasteiger partial charge in [0.2, 0.25) is 0 Å². The zero-order valence-electron chi connectivity index (χ0n) is 23.0. The first kappa shape index (κ1) is 30.1. The van der Waals surface area contributed by atoms with E-state index in [4.69, 9.17) is 21.1 Å². The predicted octanol–water partition coefficient (Wildman–Crippen LogP) is 6.12. The van der Waals surface area contributed by atoms with Gasteiger partial charge in [-0.15, -0.1) is 0 Å². The molecule has 1 aliphatic heterocycles. The summed E-state index contributed by atoms with van der Waals surface area (Å²) in [5.74, 6) is 0.204. The second-order valence-corrected chi connectivity index (χ2v) is 11.3. The molecule has 0 aromatic heterocycles. The number of nitrogens with one attached hydrogen (secondary N) is 2. The van der Waals surface area contributed by atoms with Gasteiger partial charge in [-0.05, 0) is 57.6 Å². The first-order valence-electron chi connectivity index (χ1n) is 14.1. The number of hydrogen-bond donors (Lipinski definition) is 2. The number of unbranched alkanes of at least 4 members (excludes halogenated alkanes) is 1. The van der Waals surface area contributed by atoms with E-state index in [1.165, 1.54) is 32.1 Å². The Bertz CT molecular complexity index is 839. The number of nitrogens with zero attached hydrogens (tertiary/aromatic N) is 1. The summed E-state index contributed by atoms with van der Waals surface area (Å²) in [6.45, 7) is 2.62. The molecule has 0 spiro atoms. The number of halogens is 2. The summed E-state index contributed by atoms with van der Waals surface area (Å²) in [6.07, 6.45) is 11.5. The number of rotatable bonds is 13. The van der Waals surface area contributed by atoms with Gasteiger partial charge in [-0.3, -0.25) is 0 Å². The number of carbonyl (C=O) groups is 1. The van der Waals surface area contributed by atoms with Crippen LogP contribution >= 0.6 is 11.6 Å². The Hall–Kier alpha value is -1.41. The number of benzene rings is 1. The molecule has 1 aromatic rings. The fraction of sp³-hybridized carbons (Fsp3) is 0.759. The predicted molar refractivity (Wildman–Crippen MR) is 148 cm³/mol. The maximum Gasteiger partial charge on any atom is 0.317 e. The minimum atomic E-state index is -0.867. The van der Waals surface area contributed by atoms with Gasteiger partial charge >= 0.3 is 6.03 Å². The molecule has 1 aliphatic carbocycles. The average molecular weight is 540 g/mol. The summed E-state index contributed by atoms with van der Waals surface area (Å²) >= 11 is 6.21. The van der Waals surface area contributed by atoms with Crippen LogP contribution in [0.5, 0.6) is 0 Å². The van der Waals surface area contributed by atoms with Crippen molar-refractivity contribution in [2.45, 2.75) is 82.3 Å². The molecular formula is C29H47ClFN3O3. The highest BCUT2D eigenvalue weighted by atomic mass is 35.5. The molecule has 3 rings (SSSR count). The molecule has 1 aromatic carbocycles. The number of piperidine rings is 1. The molecule has 0 radical (unpaired) electrons. The normalized spacial score (nSPS) is 21.4. The highest BCUT2D eigenvalue weighted by Gasteiger charge is 2.45. The molecule has 210 valence electrons. The van der Waals surface area contributed by atoms with Crippen molar-refractivity contribution >= 4 is 17.6 Å². The largest absolute Gasteiger partial charge is 0.385 e. The van der Waals surface area contributed by atoms with Crippen LogP contribution in [0.1, 0.15) is 76.2 Å². The first-order chi connectivity index (χ1) is 17.9. The van der Waals surface area contributed by atoms with Crippen molar-refractivity contribution in [1.29, 1.82) is 0 Å². The lowest BCUT2D eigenvalue weighted by atomic mass is 9.73. The van der Waals surface area contributed by atoms with E-state index in [0.29, 0.717) is 37.6 Å². The standard InChI is InChI=1S/C29H47ClFN3O3/c1-32-20-24(19-22-11-5-4-6-12-22)33-28(35)34-17-10-13-23(21-34)29(37-3,16-7-8-18-36-2)25-14-9-15-26(30)27(25)31/h9,14-15,22-24,32H,4-8,10-13,16-21H2,1-3H3,(H,33,35). The lowest BCUT2D eigenvalue weighted by molar-refractivity contribution is -0.0916. The maximum atomic E-state index is 15.4. The van der Waals surface area contributed by atoms with E-state index in [1.54, 1.807) is 32.4 Å². The highest BCUT2D eigenvalue weighted by molar-refractivity contribution is 6.30.